The maximum absolute atomic E-state index is 14.0. The van der Waals surface area contributed by atoms with E-state index in [1.54, 1.807) is 9.80 Å². The molecule has 4 rings (SSSR count). The molecule has 0 aromatic heterocycles. The number of halogens is 3. The molecule has 9 heteroatoms. The molecule has 2 aliphatic heterocycles. The van der Waals surface area contributed by atoms with Crippen LogP contribution in [0.3, 0.4) is 0 Å². The molecule has 1 unspecified atom stereocenters. The Kier molecular flexibility index (Phi) is 7.83. The van der Waals surface area contributed by atoms with E-state index in [0.717, 1.165) is 22.9 Å². The first-order valence-corrected chi connectivity index (χ1v) is 12.8. The first kappa shape index (κ1) is 27.0. The number of amides is 3. The second-order valence-electron chi connectivity index (χ2n) is 10.8. The number of nitrogens with zero attached hydrogens (tertiary/aromatic N) is 2. The Hall–Kier alpha value is -3.07. The van der Waals surface area contributed by atoms with Gasteiger partial charge in [-0.25, -0.2) is 18.0 Å². The lowest BCUT2D eigenvalue weighted by atomic mass is 9.93. The lowest BCUT2D eigenvalue weighted by Crippen LogP contribution is -2.52. The monoisotopic (exact) mass is 516 g/mol. The van der Waals surface area contributed by atoms with Crippen LogP contribution in [0.15, 0.2) is 30.3 Å². The van der Waals surface area contributed by atoms with Crippen LogP contribution in [0.1, 0.15) is 69.1 Å². The standard InChI is InChI=1S/C28H35F3N4O2/c1-15(2)21-6-5-7-22(16(3)4)27(21)33-28(37)35-14-19-11-20(35)13-34(19)26(36)10-18(32)8-17-9-24(30)25(31)12-23(17)29/h5-7,9,12,15-16,18-20H,8,10-11,13-14,32H2,1-4H3,(H,33,37)/t18?,19-,20+/m0/s1. The lowest BCUT2D eigenvalue weighted by molar-refractivity contribution is -0.133. The number of carbonyl (C=O) groups excluding carboxylic acids is 2. The summed E-state index contributed by atoms with van der Waals surface area (Å²) < 4.78 is 40.6. The Bertz CT molecular complexity index is 1160. The number of fused-ring (bicyclic) bond motifs is 2. The second-order valence-corrected chi connectivity index (χ2v) is 10.8. The molecule has 2 bridgehead atoms. The Labute approximate surface area is 216 Å². The number of likely N-dealkylation sites (tertiary alicyclic amines) is 2. The summed E-state index contributed by atoms with van der Waals surface area (Å²) in [7, 11) is 0. The van der Waals surface area contributed by atoms with Gasteiger partial charge in [0.1, 0.15) is 5.82 Å². The average Bonchev–Trinajstić information content (AvgIpc) is 3.43. The molecule has 2 aromatic rings. The van der Waals surface area contributed by atoms with Crippen LogP contribution in [0.25, 0.3) is 0 Å². The van der Waals surface area contributed by atoms with Crippen molar-refractivity contribution >= 4 is 17.6 Å². The van der Waals surface area contributed by atoms with Gasteiger partial charge in [-0.15, -0.1) is 0 Å². The van der Waals surface area contributed by atoms with Gasteiger partial charge in [-0.1, -0.05) is 45.9 Å². The fourth-order valence-electron chi connectivity index (χ4n) is 5.51. The first-order chi connectivity index (χ1) is 17.5. The molecule has 2 fully saturated rings. The summed E-state index contributed by atoms with van der Waals surface area (Å²) in [6, 6.07) is 6.26. The van der Waals surface area contributed by atoms with Crippen molar-refractivity contribution in [1.82, 2.24) is 9.80 Å². The van der Waals surface area contributed by atoms with Crippen LogP contribution >= 0.6 is 0 Å². The van der Waals surface area contributed by atoms with E-state index in [-0.39, 0.29) is 54.3 Å². The smallest absolute Gasteiger partial charge is 0.322 e. The van der Waals surface area contributed by atoms with Crippen molar-refractivity contribution in [1.29, 1.82) is 0 Å². The van der Waals surface area contributed by atoms with Crippen molar-refractivity contribution in [2.45, 2.75) is 76.9 Å². The number of carbonyl (C=O) groups is 2. The summed E-state index contributed by atoms with van der Waals surface area (Å²) in [6.07, 6.45) is 0.557. The molecule has 3 N–H and O–H groups in total. The number of urea groups is 1. The number of hydrogen-bond acceptors (Lipinski definition) is 3. The molecule has 2 aliphatic rings. The van der Waals surface area contributed by atoms with Crippen molar-refractivity contribution in [3.05, 3.63) is 64.5 Å². The van der Waals surface area contributed by atoms with E-state index in [0.29, 0.717) is 25.6 Å². The highest BCUT2D eigenvalue weighted by Crippen LogP contribution is 2.35. The van der Waals surface area contributed by atoms with Crippen LogP contribution in [-0.2, 0) is 11.2 Å². The molecule has 0 radical (unpaired) electrons. The Morgan fingerprint density at radius 3 is 2.08 bits per heavy atom. The first-order valence-electron chi connectivity index (χ1n) is 12.8. The highest BCUT2D eigenvalue weighted by molar-refractivity contribution is 5.92. The highest BCUT2D eigenvalue weighted by Gasteiger charge is 2.47. The third-order valence-electron chi connectivity index (χ3n) is 7.43. The quantitative estimate of drug-likeness (QED) is 0.501. The third-order valence-corrected chi connectivity index (χ3v) is 7.43. The van der Waals surface area contributed by atoms with E-state index >= 15 is 0 Å². The number of nitrogens with one attached hydrogen (secondary N) is 1. The summed E-state index contributed by atoms with van der Waals surface area (Å²) in [4.78, 5) is 29.8. The Morgan fingerprint density at radius 2 is 1.51 bits per heavy atom. The lowest BCUT2D eigenvalue weighted by Gasteiger charge is -2.35. The molecule has 3 atom stereocenters. The number of para-hydroxylation sites is 1. The maximum Gasteiger partial charge on any atom is 0.322 e. The van der Waals surface area contributed by atoms with E-state index in [4.69, 9.17) is 5.73 Å². The van der Waals surface area contributed by atoms with Gasteiger partial charge >= 0.3 is 6.03 Å². The van der Waals surface area contributed by atoms with E-state index in [1.165, 1.54) is 0 Å². The number of anilines is 1. The summed E-state index contributed by atoms with van der Waals surface area (Å²) >= 11 is 0. The van der Waals surface area contributed by atoms with Gasteiger partial charge in [-0.3, -0.25) is 4.79 Å². The molecule has 2 aromatic carbocycles. The molecule has 37 heavy (non-hydrogen) atoms. The van der Waals surface area contributed by atoms with Gasteiger partial charge in [0.25, 0.3) is 0 Å². The van der Waals surface area contributed by atoms with Gasteiger partial charge < -0.3 is 20.9 Å². The normalized spacial score (nSPS) is 19.7. The minimum atomic E-state index is -1.26. The van der Waals surface area contributed by atoms with Gasteiger partial charge in [0.15, 0.2) is 11.6 Å². The van der Waals surface area contributed by atoms with E-state index in [1.807, 2.05) is 18.2 Å². The van der Waals surface area contributed by atoms with Crippen molar-refractivity contribution in [3.63, 3.8) is 0 Å². The SMILES string of the molecule is CC(C)c1cccc(C(C)C)c1NC(=O)N1C[C@@H]2C[C@@H]1CN2C(=O)CC(N)Cc1cc(F)c(F)cc1F. The number of nitrogens with two attached hydrogens (primary N) is 1. The average molecular weight is 517 g/mol. The van der Waals surface area contributed by atoms with Crippen LogP contribution in [0, 0.1) is 17.5 Å². The van der Waals surface area contributed by atoms with Crippen molar-refractivity contribution < 1.29 is 22.8 Å². The predicted octanol–water partition coefficient (Wildman–Crippen LogP) is 5.13. The van der Waals surface area contributed by atoms with Crippen molar-refractivity contribution in [2.75, 3.05) is 18.4 Å². The van der Waals surface area contributed by atoms with E-state index in [9.17, 15) is 22.8 Å². The summed E-state index contributed by atoms with van der Waals surface area (Å²) in [5, 5.41) is 3.16. The molecule has 3 amide bonds. The van der Waals surface area contributed by atoms with Gasteiger partial charge in [0.2, 0.25) is 5.91 Å². The third kappa shape index (κ3) is 5.61. The molecule has 0 saturated carbocycles. The maximum atomic E-state index is 14.0. The van der Waals surface area contributed by atoms with E-state index < -0.39 is 23.5 Å². The van der Waals surface area contributed by atoms with Crippen LogP contribution in [0.2, 0.25) is 0 Å². The highest BCUT2D eigenvalue weighted by atomic mass is 19.2. The number of rotatable bonds is 7. The minimum absolute atomic E-state index is 0.0482. The number of benzene rings is 2. The molecular weight excluding hydrogens is 481 g/mol. The molecule has 6 nitrogen and oxygen atoms in total. The zero-order chi connectivity index (χ0) is 27.0. The van der Waals surface area contributed by atoms with Gasteiger partial charge in [0.05, 0.1) is 12.1 Å². The minimum Gasteiger partial charge on any atom is -0.336 e. The van der Waals surface area contributed by atoms with Crippen LogP contribution in [0.5, 0.6) is 0 Å². The number of hydrogen-bond donors (Lipinski definition) is 2. The van der Waals surface area contributed by atoms with Gasteiger partial charge in [0, 0.05) is 37.3 Å². The van der Waals surface area contributed by atoms with Gasteiger partial charge in [-0.05, 0) is 47.4 Å². The largest absolute Gasteiger partial charge is 0.336 e. The van der Waals surface area contributed by atoms with Crippen molar-refractivity contribution in [3.8, 4) is 0 Å². The predicted molar refractivity (Wildman–Crippen MR) is 137 cm³/mol. The Morgan fingerprint density at radius 1 is 0.946 bits per heavy atom. The molecule has 200 valence electrons. The fraction of sp³-hybridized carbons (Fsp3) is 0.500. The zero-order valence-corrected chi connectivity index (χ0v) is 21.7. The summed E-state index contributed by atoms with van der Waals surface area (Å²) in [5.74, 6) is -2.98. The molecule has 2 saturated heterocycles. The Balaban J connectivity index is 1.37. The second kappa shape index (κ2) is 10.7. The topological polar surface area (TPSA) is 78.7 Å². The molecule has 0 spiro atoms. The van der Waals surface area contributed by atoms with Crippen molar-refractivity contribution in [2.24, 2.45) is 5.73 Å². The summed E-state index contributed by atoms with van der Waals surface area (Å²) in [5.41, 5.74) is 9.04. The van der Waals surface area contributed by atoms with Crippen LogP contribution in [0.4, 0.5) is 23.7 Å². The summed E-state index contributed by atoms with van der Waals surface area (Å²) in [6.45, 7) is 9.23. The van der Waals surface area contributed by atoms with Crippen LogP contribution in [-0.4, -0.2) is 53.0 Å². The van der Waals surface area contributed by atoms with Crippen LogP contribution < -0.4 is 11.1 Å². The van der Waals surface area contributed by atoms with E-state index in [2.05, 4.69) is 33.0 Å². The van der Waals surface area contributed by atoms with Gasteiger partial charge in [-0.2, -0.15) is 0 Å². The number of piperazine rings is 1. The molecule has 0 aliphatic carbocycles. The fourth-order valence-corrected chi connectivity index (χ4v) is 5.51. The zero-order valence-electron chi connectivity index (χ0n) is 21.7. The molecule has 2 heterocycles. The molecular formula is C28H35F3N4O2.